The molecule has 1 aromatic heterocycles. The first-order valence-corrected chi connectivity index (χ1v) is 8.15. The van der Waals surface area contributed by atoms with E-state index in [-0.39, 0.29) is 0 Å². The van der Waals surface area contributed by atoms with E-state index in [4.69, 9.17) is 10.00 Å². The molecule has 0 atom stereocenters. The second-order valence-electron chi connectivity index (χ2n) is 5.97. The highest BCUT2D eigenvalue weighted by Crippen LogP contribution is 2.29. The minimum absolute atomic E-state index is 0.307. The lowest BCUT2D eigenvalue weighted by Gasteiger charge is -2.09. The van der Waals surface area contributed by atoms with Crippen LogP contribution in [0.25, 0.3) is 27.7 Å². The number of aromatic nitrogens is 1. The maximum absolute atomic E-state index is 14.4. The van der Waals surface area contributed by atoms with Gasteiger partial charge in [-0.15, -0.1) is 0 Å². The number of ether oxygens (including phenoxy) is 1. The van der Waals surface area contributed by atoms with E-state index in [2.05, 4.69) is 0 Å². The van der Waals surface area contributed by atoms with Crippen molar-refractivity contribution in [3.8, 4) is 28.6 Å². The normalized spacial score (nSPS) is 10.7. The Morgan fingerprint density at radius 2 is 1.69 bits per heavy atom. The van der Waals surface area contributed by atoms with Crippen LogP contribution >= 0.6 is 0 Å². The lowest BCUT2D eigenvalue weighted by Crippen LogP contribution is -1.96. The van der Waals surface area contributed by atoms with E-state index in [0.29, 0.717) is 11.3 Å². The Morgan fingerprint density at radius 1 is 0.923 bits per heavy atom. The molecule has 0 spiro atoms. The van der Waals surface area contributed by atoms with Gasteiger partial charge in [-0.1, -0.05) is 24.3 Å². The molecule has 0 fully saturated rings. The largest absolute Gasteiger partial charge is 0.497 e. The quantitative estimate of drug-likeness (QED) is 0.505. The highest BCUT2D eigenvalue weighted by atomic mass is 19.1. The van der Waals surface area contributed by atoms with Crippen LogP contribution in [-0.2, 0) is 0 Å². The fraction of sp³-hybridized carbons (Fsp3) is 0.0455. The summed E-state index contributed by atoms with van der Waals surface area (Å²) in [7, 11) is 1.64. The summed E-state index contributed by atoms with van der Waals surface area (Å²) in [5, 5.41) is 9.94. The monoisotopic (exact) mass is 342 g/mol. The fourth-order valence-electron chi connectivity index (χ4n) is 3.07. The molecule has 0 aliphatic heterocycles. The minimum atomic E-state index is -0.420. The molecular formula is C22H15FN2O. The number of hydrogen-bond donors (Lipinski definition) is 0. The minimum Gasteiger partial charge on any atom is -0.497 e. The third-order valence-corrected chi connectivity index (χ3v) is 4.45. The molecule has 0 aliphatic rings. The summed E-state index contributed by atoms with van der Waals surface area (Å²) >= 11 is 0. The summed E-state index contributed by atoms with van der Waals surface area (Å²) in [5.74, 6) is 0.384. The summed E-state index contributed by atoms with van der Waals surface area (Å²) < 4.78 is 21.5. The Labute approximate surface area is 150 Å². The van der Waals surface area contributed by atoms with E-state index < -0.39 is 5.82 Å². The summed E-state index contributed by atoms with van der Waals surface area (Å²) in [6, 6.07) is 22.3. The lowest BCUT2D eigenvalue weighted by atomic mass is 10.0. The van der Waals surface area contributed by atoms with E-state index in [1.54, 1.807) is 23.8 Å². The fourth-order valence-corrected chi connectivity index (χ4v) is 3.07. The highest BCUT2D eigenvalue weighted by molar-refractivity contribution is 5.87. The van der Waals surface area contributed by atoms with Crippen LogP contribution in [0.3, 0.4) is 0 Å². The Bertz CT molecular complexity index is 1140. The van der Waals surface area contributed by atoms with Crippen LogP contribution in [0, 0.1) is 17.1 Å². The molecule has 0 bridgehead atoms. The third kappa shape index (κ3) is 2.70. The van der Waals surface area contributed by atoms with Gasteiger partial charge < -0.3 is 9.30 Å². The van der Waals surface area contributed by atoms with Crippen molar-refractivity contribution in [3.63, 3.8) is 0 Å². The van der Waals surface area contributed by atoms with Crippen LogP contribution in [0.4, 0.5) is 4.39 Å². The van der Waals surface area contributed by atoms with Gasteiger partial charge in [-0.25, -0.2) is 4.39 Å². The zero-order valence-electron chi connectivity index (χ0n) is 14.1. The number of fused-ring (bicyclic) bond motifs is 1. The van der Waals surface area contributed by atoms with Gasteiger partial charge in [-0.3, -0.25) is 0 Å². The predicted molar refractivity (Wildman–Crippen MR) is 99.9 cm³/mol. The third-order valence-electron chi connectivity index (χ3n) is 4.45. The summed E-state index contributed by atoms with van der Waals surface area (Å²) in [4.78, 5) is 0. The molecular weight excluding hydrogens is 327 g/mol. The van der Waals surface area contributed by atoms with Crippen LogP contribution in [0.1, 0.15) is 5.56 Å². The molecule has 0 N–H and O–H groups in total. The number of methoxy groups -OCH3 is 1. The molecule has 126 valence electrons. The Balaban J connectivity index is 1.83. The summed E-state index contributed by atoms with van der Waals surface area (Å²) in [5.41, 5.74) is 3.73. The van der Waals surface area contributed by atoms with Crippen LogP contribution in [-0.4, -0.2) is 11.7 Å². The first kappa shape index (κ1) is 15.9. The van der Waals surface area contributed by atoms with Crippen molar-refractivity contribution in [1.82, 2.24) is 4.57 Å². The molecule has 1 heterocycles. The molecule has 0 unspecified atom stereocenters. The Kier molecular flexibility index (Phi) is 3.91. The molecule has 0 saturated heterocycles. The maximum atomic E-state index is 14.4. The number of rotatable bonds is 3. The molecule has 0 aliphatic carbocycles. The highest BCUT2D eigenvalue weighted by Gasteiger charge is 2.10. The average molecular weight is 342 g/mol. The SMILES string of the molecule is COc1ccc(-c2ccc3ccn(-c4ccc(C#N)cc4F)c3c2)cc1. The molecule has 4 aromatic rings. The lowest BCUT2D eigenvalue weighted by molar-refractivity contribution is 0.415. The molecule has 4 heteroatoms. The second-order valence-corrected chi connectivity index (χ2v) is 5.97. The maximum Gasteiger partial charge on any atom is 0.148 e. The molecule has 0 saturated carbocycles. The van der Waals surface area contributed by atoms with Crippen molar-refractivity contribution in [2.75, 3.05) is 7.11 Å². The van der Waals surface area contributed by atoms with Crippen LogP contribution in [0.15, 0.2) is 72.9 Å². The van der Waals surface area contributed by atoms with Crippen molar-refractivity contribution in [3.05, 3.63) is 84.3 Å². The van der Waals surface area contributed by atoms with Crippen molar-refractivity contribution in [2.24, 2.45) is 0 Å². The van der Waals surface area contributed by atoms with Gasteiger partial charge in [0.1, 0.15) is 11.6 Å². The first-order chi connectivity index (χ1) is 12.7. The smallest absolute Gasteiger partial charge is 0.148 e. The Morgan fingerprint density at radius 3 is 2.38 bits per heavy atom. The van der Waals surface area contributed by atoms with E-state index in [9.17, 15) is 4.39 Å². The molecule has 26 heavy (non-hydrogen) atoms. The average Bonchev–Trinajstić information content (AvgIpc) is 3.11. The van der Waals surface area contributed by atoms with Gasteiger partial charge in [-0.2, -0.15) is 5.26 Å². The molecule has 0 amide bonds. The van der Waals surface area contributed by atoms with Gasteiger partial charge >= 0.3 is 0 Å². The van der Waals surface area contributed by atoms with Gasteiger partial charge in [0, 0.05) is 6.20 Å². The van der Waals surface area contributed by atoms with Gasteiger partial charge in [-0.05, 0) is 59.0 Å². The van der Waals surface area contributed by atoms with Crippen LogP contribution in [0.2, 0.25) is 0 Å². The van der Waals surface area contributed by atoms with Crippen molar-refractivity contribution in [2.45, 2.75) is 0 Å². The number of halogens is 1. The van der Waals surface area contributed by atoms with Gasteiger partial charge in [0.25, 0.3) is 0 Å². The first-order valence-electron chi connectivity index (χ1n) is 8.15. The topological polar surface area (TPSA) is 38.0 Å². The second kappa shape index (κ2) is 6.38. The van der Waals surface area contributed by atoms with Crippen LogP contribution < -0.4 is 4.74 Å². The number of benzene rings is 3. The standard InChI is InChI=1S/C22H15FN2O/c1-26-19-7-5-16(6-8-19)18-4-3-17-10-11-25(22(17)13-18)21-9-2-15(14-24)12-20(21)23/h2-13H,1H3. The Hall–Kier alpha value is -3.58. The summed E-state index contributed by atoms with van der Waals surface area (Å²) in [6.07, 6.45) is 1.84. The van der Waals surface area contributed by atoms with E-state index in [1.807, 2.05) is 60.8 Å². The zero-order chi connectivity index (χ0) is 18.1. The van der Waals surface area contributed by atoms with Crippen molar-refractivity contribution < 1.29 is 9.13 Å². The van der Waals surface area contributed by atoms with E-state index >= 15 is 0 Å². The molecule has 0 radical (unpaired) electrons. The van der Waals surface area contributed by atoms with Gasteiger partial charge in [0.05, 0.1) is 29.9 Å². The predicted octanol–water partition coefficient (Wildman–Crippen LogP) is 5.32. The van der Waals surface area contributed by atoms with E-state index in [1.165, 1.54) is 6.07 Å². The molecule has 3 aromatic carbocycles. The molecule has 3 nitrogen and oxygen atoms in total. The van der Waals surface area contributed by atoms with Gasteiger partial charge in [0.2, 0.25) is 0 Å². The number of nitriles is 1. The van der Waals surface area contributed by atoms with Crippen LogP contribution in [0.5, 0.6) is 5.75 Å². The number of hydrogen-bond acceptors (Lipinski definition) is 2. The van der Waals surface area contributed by atoms with Crippen molar-refractivity contribution >= 4 is 10.9 Å². The van der Waals surface area contributed by atoms with E-state index in [0.717, 1.165) is 27.8 Å². The number of nitrogens with zero attached hydrogens (tertiary/aromatic N) is 2. The summed E-state index contributed by atoms with van der Waals surface area (Å²) in [6.45, 7) is 0. The van der Waals surface area contributed by atoms with Gasteiger partial charge in [0.15, 0.2) is 0 Å². The zero-order valence-corrected chi connectivity index (χ0v) is 14.1. The molecule has 4 rings (SSSR count). The van der Waals surface area contributed by atoms with Crippen molar-refractivity contribution in [1.29, 1.82) is 5.26 Å².